The van der Waals surface area contributed by atoms with Crippen LogP contribution < -0.4 is 5.32 Å². The number of hydrogen-bond donors (Lipinski definition) is 1. The van der Waals surface area contributed by atoms with Crippen molar-refractivity contribution in [3.05, 3.63) is 17.0 Å². The molecule has 0 atom stereocenters. The third-order valence-electron chi connectivity index (χ3n) is 4.36. The number of aromatic nitrogens is 2. The van der Waals surface area contributed by atoms with Gasteiger partial charge in [0.05, 0.1) is 0 Å². The minimum atomic E-state index is 0.441. The Morgan fingerprint density at radius 3 is 2.62 bits per heavy atom. The first-order valence-corrected chi connectivity index (χ1v) is 8.68. The molecular formula is C17H28ClN3. The van der Waals surface area contributed by atoms with Gasteiger partial charge in [0.1, 0.15) is 16.8 Å². The summed E-state index contributed by atoms with van der Waals surface area (Å²) in [5.41, 5.74) is 0.441. The Morgan fingerprint density at radius 2 is 2.00 bits per heavy atom. The Morgan fingerprint density at radius 1 is 1.29 bits per heavy atom. The largest absolute Gasteiger partial charge is 0.369 e. The van der Waals surface area contributed by atoms with Gasteiger partial charge in [-0.3, -0.25) is 0 Å². The second-order valence-corrected chi connectivity index (χ2v) is 7.29. The Kier molecular flexibility index (Phi) is 5.86. The third-order valence-corrected chi connectivity index (χ3v) is 4.56. The SMILES string of the molecule is CCCc1nc(Cl)cc(NCC2(CC(C)C)CCCC2)n1. The highest BCUT2D eigenvalue weighted by molar-refractivity contribution is 6.29. The van der Waals surface area contributed by atoms with Gasteiger partial charge >= 0.3 is 0 Å². The van der Waals surface area contributed by atoms with Gasteiger partial charge in [0, 0.05) is 19.0 Å². The molecule has 4 heteroatoms. The molecule has 0 bridgehead atoms. The highest BCUT2D eigenvalue weighted by Crippen LogP contribution is 2.43. The maximum atomic E-state index is 6.11. The van der Waals surface area contributed by atoms with Crippen molar-refractivity contribution in [2.45, 2.75) is 65.7 Å². The van der Waals surface area contributed by atoms with Crippen LogP contribution in [-0.2, 0) is 6.42 Å². The van der Waals surface area contributed by atoms with E-state index in [4.69, 9.17) is 11.6 Å². The van der Waals surface area contributed by atoms with Gasteiger partial charge in [-0.25, -0.2) is 9.97 Å². The van der Waals surface area contributed by atoms with E-state index in [-0.39, 0.29) is 0 Å². The molecule has 1 saturated carbocycles. The Labute approximate surface area is 133 Å². The van der Waals surface area contributed by atoms with E-state index in [2.05, 4.69) is 36.1 Å². The van der Waals surface area contributed by atoms with Gasteiger partial charge in [0.15, 0.2) is 0 Å². The number of nitrogens with one attached hydrogen (secondary N) is 1. The first-order valence-electron chi connectivity index (χ1n) is 8.30. The topological polar surface area (TPSA) is 37.8 Å². The lowest BCUT2D eigenvalue weighted by Crippen LogP contribution is -2.28. The molecule has 1 aliphatic carbocycles. The summed E-state index contributed by atoms with van der Waals surface area (Å²) in [5, 5.41) is 4.08. The van der Waals surface area contributed by atoms with Crippen molar-refractivity contribution in [1.29, 1.82) is 0 Å². The van der Waals surface area contributed by atoms with Crippen molar-refractivity contribution in [3.63, 3.8) is 0 Å². The van der Waals surface area contributed by atoms with Gasteiger partial charge in [-0.05, 0) is 37.0 Å². The maximum absolute atomic E-state index is 6.11. The summed E-state index contributed by atoms with van der Waals surface area (Å²) in [6, 6.07) is 1.85. The Balaban J connectivity index is 2.03. The number of hydrogen-bond acceptors (Lipinski definition) is 3. The molecule has 1 aromatic heterocycles. The summed E-state index contributed by atoms with van der Waals surface area (Å²) in [5.74, 6) is 2.47. The first kappa shape index (κ1) is 16.5. The Hall–Kier alpha value is -0.830. The molecule has 1 aromatic rings. The van der Waals surface area contributed by atoms with Crippen molar-refractivity contribution < 1.29 is 0 Å². The summed E-state index contributed by atoms with van der Waals surface area (Å²) in [4.78, 5) is 8.87. The predicted molar refractivity (Wildman–Crippen MR) is 89.9 cm³/mol. The molecule has 118 valence electrons. The zero-order valence-electron chi connectivity index (χ0n) is 13.6. The summed E-state index contributed by atoms with van der Waals surface area (Å²) in [6.07, 6.45) is 8.60. The molecule has 0 aromatic carbocycles. The number of rotatable bonds is 7. The molecule has 0 amide bonds. The fraction of sp³-hybridized carbons (Fsp3) is 0.765. The smallest absolute Gasteiger partial charge is 0.134 e. The van der Waals surface area contributed by atoms with Gasteiger partial charge < -0.3 is 5.32 Å². The van der Waals surface area contributed by atoms with Crippen LogP contribution in [0.15, 0.2) is 6.07 Å². The third kappa shape index (κ3) is 4.84. The van der Waals surface area contributed by atoms with Crippen molar-refractivity contribution in [2.24, 2.45) is 11.3 Å². The average Bonchev–Trinajstić information content (AvgIpc) is 2.84. The zero-order valence-corrected chi connectivity index (χ0v) is 14.3. The first-order chi connectivity index (χ1) is 10.0. The molecule has 2 rings (SSSR count). The summed E-state index contributed by atoms with van der Waals surface area (Å²) < 4.78 is 0. The van der Waals surface area contributed by atoms with Crippen LogP contribution in [0.4, 0.5) is 5.82 Å². The predicted octanol–water partition coefficient (Wildman–Crippen LogP) is 5.10. The van der Waals surface area contributed by atoms with Gasteiger partial charge in [-0.1, -0.05) is 45.2 Å². The molecule has 1 N–H and O–H groups in total. The van der Waals surface area contributed by atoms with Gasteiger partial charge in [0.2, 0.25) is 0 Å². The molecule has 0 radical (unpaired) electrons. The van der Waals surface area contributed by atoms with E-state index in [0.717, 1.165) is 36.9 Å². The quantitative estimate of drug-likeness (QED) is 0.712. The van der Waals surface area contributed by atoms with E-state index < -0.39 is 0 Å². The number of halogens is 1. The van der Waals surface area contributed by atoms with E-state index >= 15 is 0 Å². The number of anilines is 1. The van der Waals surface area contributed by atoms with Crippen LogP contribution in [0.5, 0.6) is 0 Å². The van der Waals surface area contributed by atoms with E-state index in [1.165, 1.54) is 32.1 Å². The molecule has 1 fully saturated rings. The van der Waals surface area contributed by atoms with Crippen LogP contribution in [0.25, 0.3) is 0 Å². The second-order valence-electron chi connectivity index (χ2n) is 6.90. The normalized spacial score (nSPS) is 17.4. The van der Waals surface area contributed by atoms with Crippen LogP contribution in [0.2, 0.25) is 5.15 Å². The summed E-state index contributed by atoms with van der Waals surface area (Å²) in [7, 11) is 0. The van der Waals surface area contributed by atoms with Crippen LogP contribution in [0.3, 0.4) is 0 Å². The monoisotopic (exact) mass is 309 g/mol. The molecule has 1 heterocycles. The fourth-order valence-corrected chi connectivity index (χ4v) is 3.81. The minimum Gasteiger partial charge on any atom is -0.369 e. The maximum Gasteiger partial charge on any atom is 0.134 e. The molecule has 0 spiro atoms. The van der Waals surface area contributed by atoms with Crippen LogP contribution in [-0.4, -0.2) is 16.5 Å². The van der Waals surface area contributed by atoms with Crippen LogP contribution in [0, 0.1) is 11.3 Å². The highest BCUT2D eigenvalue weighted by atomic mass is 35.5. The van der Waals surface area contributed by atoms with E-state index in [1.54, 1.807) is 0 Å². The molecule has 1 aliphatic rings. The van der Waals surface area contributed by atoms with Crippen molar-refractivity contribution in [2.75, 3.05) is 11.9 Å². The van der Waals surface area contributed by atoms with Crippen molar-refractivity contribution in [1.82, 2.24) is 9.97 Å². The lowest BCUT2D eigenvalue weighted by atomic mass is 9.78. The number of aryl methyl sites for hydroxylation is 1. The lowest BCUT2D eigenvalue weighted by Gasteiger charge is -2.31. The summed E-state index contributed by atoms with van der Waals surface area (Å²) >= 11 is 6.11. The molecule has 0 saturated heterocycles. The fourth-order valence-electron chi connectivity index (χ4n) is 3.61. The van der Waals surface area contributed by atoms with E-state index in [0.29, 0.717) is 10.6 Å². The van der Waals surface area contributed by atoms with Gasteiger partial charge in [0.25, 0.3) is 0 Å². The second kappa shape index (κ2) is 7.44. The van der Waals surface area contributed by atoms with Crippen LogP contribution >= 0.6 is 11.6 Å². The van der Waals surface area contributed by atoms with Gasteiger partial charge in [-0.2, -0.15) is 0 Å². The van der Waals surface area contributed by atoms with Gasteiger partial charge in [-0.15, -0.1) is 0 Å². The minimum absolute atomic E-state index is 0.441. The summed E-state index contributed by atoms with van der Waals surface area (Å²) in [6.45, 7) is 7.78. The molecule has 21 heavy (non-hydrogen) atoms. The average molecular weight is 310 g/mol. The van der Waals surface area contributed by atoms with E-state index in [9.17, 15) is 0 Å². The molecule has 0 aliphatic heterocycles. The lowest BCUT2D eigenvalue weighted by molar-refractivity contribution is 0.252. The van der Waals surface area contributed by atoms with Crippen LogP contribution in [0.1, 0.15) is 65.1 Å². The standard InChI is InChI=1S/C17H28ClN3/c1-4-7-15-20-14(18)10-16(21-15)19-12-17(11-13(2)3)8-5-6-9-17/h10,13H,4-9,11-12H2,1-3H3,(H,19,20,21). The van der Waals surface area contributed by atoms with E-state index in [1.807, 2.05) is 6.07 Å². The zero-order chi connectivity index (χ0) is 15.3. The molecule has 0 unspecified atom stereocenters. The highest BCUT2D eigenvalue weighted by Gasteiger charge is 2.34. The van der Waals surface area contributed by atoms with Crippen molar-refractivity contribution >= 4 is 17.4 Å². The molecular weight excluding hydrogens is 282 g/mol. The number of nitrogens with zero attached hydrogens (tertiary/aromatic N) is 2. The Bertz CT molecular complexity index is 453. The molecule has 3 nitrogen and oxygen atoms in total. The van der Waals surface area contributed by atoms with Crippen molar-refractivity contribution in [3.8, 4) is 0 Å².